The summed E-state index contributed by atoms with van der Waals surface area (Å²) in [6.07, 6.45) is 10.3. The van der Waals surface area contributed by atoms with Gasteiger partial charge >= 0.3 is 0 Å². The molecule has 1 aliphatic heterocycles. The molecule has 150 valence electrons. The van der Waals surface area contributed by atoms with E-state index in [0.29, 0.717) is 18.3 Å². The van der Waals surface area contributed by atoms with Gasteiger partial charge in [-0.2, -0.15) is 0 Å². The maximum atomic E-state index is 11.5. The van der Waals surface area contributed by atoms with E-state index in [2.05, 4.69) is 13.0 Å². The molecule has 0 radical (unpaired) electrons. The van der Waals surface area contributed by atoms with Crippen molar-refractivity contribution in [3.8, 4) is 0 Å². The highest BCUT2D eigenvalue weighted by molar-refractivity contribution is 5.45. The standard InChI is InChI=1S/C23H34O4/c1-3-20(24)23(25)11-8-19-18-5-4-15-14-22(26-12-13-27-22)10-7-16(15)17(18)6-9-21(19,23)2/h6,18-20,24-25H,3-5,7-14H2,1-2H3/t18?,19?,20?,21-,23-/m0/s1. The largest absolute Gasteiger partial charge is 0.390 e. The summed E-state index contributed by atoms with van der Waals surface area (Å²) in [5, 5.41) is 22.1. The topological polar surface area (TPSA) is 58.9 Å². The molecule has 5 rings (SSSR count). The van der Waals surface area contributed by atoms with Gasteiger partial charge in [0.2, 0.25) is 0 Å². The fourth-order valence-electron chi connectivity index (χ4n) is 7.23. The molecular formula is C23H34O4. The third-order valence-corrected chi connectivity index (χ3v) is 8.80. The third kappa shape index (κ3) is 2.43. The lowest BCUT2D eigenvalue weighted by molar-refractivity contribution is -0.165. The first-order chi connectivity index (χ1) is 12.9. The minimum atomic E-state index is -0.939. The lowest BCUT2D eigenvalue weighted by atomic mass is 9.55. The Kier molecular flexibility index (Phi) is 4.19. The predicted octanol–water partition coefficient (Wildman–Crippen LogP) is 3.87. The van der Waals surface area contributed by atoms with Crippen molar-refractivity contribution < 1.29 is 19.7 Å². The summed E-state index contributed by atoms with van der Waals surface area (Å²) in [5.41, 5.74) is 3.54. The van der Waals surface area contributed by atoms with Gasteiger partial charge in [-0.15, -0.1) is 0 Å². The molecule has 1 saturated carbocycles. The number of allylic oxidation sites excluding steroid dienone is 3. The molecule has 27 heavy (non-hydrogen) atoms. The van der Waals surface area contributed by atoms with Crippen molar-refractivity contribution in [2.24, 2.45) is 17.3 Å². The molecule has 0 amide bonds. The summed E-state index contributed by atoms with van der Waals surface area (Å²) in [6, 6.07) is 0. The highest BCUT2D eigenvalue weighted by atomic mass is 16.7. The van der Waals surface area contributed by atoms with Crippen LogP contribution in [0.15, 0.2) is 22.8 Å². The second-order valence-electron chi connectivity index (χ2n) is 9.79. The lowest BCUT2D eigenvalue weighted by Crippen LogP contribution is -2.55. The summed E-state index contributed by atoms with van der Waals surface area (Å²) in [7, 11) is 0. The average molecular weight is 375 g/mol. The van der Waals surface area contributed by atoms with E-state index in [1.165, 1.54) is 6.42 Å². The van der Waals surface area contributed by atoms with Crippen LogP contribution in [0.1, 0.15) is 71.6 Å². The first-order valence-corrected chi connectivity index (χ1v) is 11.0. The molecule has 1 spiro atoms. The molecule has 4 nitrogen and oxygen atoms in total. The van der Waals surface area contributed by atoms with Crippen molar-refractivity contribution in [1.82, 2.24) is 0 Å². The third-order valence-electron chi connectivity index (χ3n) is 8.80. The van der Waals surface area contributed by atoms with Crippen molar-refractivity contribution >= 4 is 0 Å². The van der Waals surface area contributed by atoms with Crippen molar-refractivity contribution in [2.45, 2.75) is 89.1 Å². The van der Waals surface area contributed by atoms with E-state index in [-0.39, 0.29) is 11.2 Å². The Labute approximate surface area is 162 Å². The van der Waals surface area contributed by atoms with Crippen LogP contribution in [0.2, 0.25) is 0 Å². The number of rotatable bonds is 2. The normalized spacial score (nSPS) is 43.9. The Bertz CT molecular complexity index is 688. The maximum absolute atomic E-state index is 11.5. The van der Waals surface area contributed by atoms with Gasteiger partial charge < -0.3 is 19.7 Å². The molecule has 3 unspecified atom stereocenters. The van der Waals surface area contributed by atoms with Crippen molar-refractivity contribution in [1.29, 1.82) is 0 Å². The first kappa shape index (κ1) is 18.4. The van der Waals surface area contributed by atoms with E-state index in [0.717, 1.165) is 58.2 Å². The Hall–Kier alpha value is -0.680. The van der Waals surface area contributed by atoms with Gasteiger partial charge in [-0.25, -0.2) is 0 Å². The van der Waals surface area contributed by atoms with E-state index in [4.69, 9.17) is 9.47 Å². The number of hydrogen-bond acceptors (Lipinski definition) is 4. The average Bonchev–Trinajstić information content (AvgIpc) is 3.23. The van der Waals surface area contributed by atoms with Gasteiger partial charge in [0.15, 0.2) is 5.79 Å². The summed E-state index contributed by atoms with van der Waals surface area (Å²) in [5.74, 6) is 0.682. The SMILES string of the molecule is CCC(O)[C@@]1(O)CCC2C3CCC4=C(CCC5(C4)OCCO5)C3=CC[C@@]21C. The quantitative estimate of drug-likeness (QED) is 0.770. The molecule has 5 aliphatic rings. The van der Waals surface area contributed by atoms with Gasteiger partial charge in [0.1, 0.15) is 0 Å². The van der Waals surface area contributed by atoms with Crippen LogP contribution in [0.4, 0.5) is 0 Å². The molecule has 1 saturated heterocycles. The van der Waals surface area contributed by atoms with Gasteiger partial charge in [0.05, 0.1) is 24.9 Å². The Morgan fingerprint density at radius 2 is 1.96 bits per heavy atom. The van der Waals surface area contributed by atoms with Crippen LogP contribution in [0.25, 0.3) is 0 Å². The molecule has 5 atom stereocenters. The maximum Gasteiger partial charge on any atom is 0.172 e. The fraction of sp³-hybridized carbons (Fsp3) is 0.826. The van der Waals surface area contributed by atoms with Crippen LogP contribution >= 0.6 is 0 Å². The molecule has 2 N–H and O–H groups in total. The van der Waals surface area contributed by atoms with Crippen LogP contribution in [0, 0.1) is 17.3 Å². The Balaban J connectivity index is 1.47. The zero-order valence-electron chi connectivity index (χ0n) is 16.8. The monoisotopic (exact) mass is 374 g/mol. The lowest BCUT2D eigenvalue weighted by Gasteiger charge is -2.52. The van der Waals surface area contributed by atoms with Gasteiger partial charge in [0.25, 0.3) is 0 Å². The summed E-state index contributed by atoms with van der Waals surface area (Å²) in [4.78, 5) is 0. The van der Waals surface area contributed by atoms with Crippen molar-refractivity contribution in [3.05, 3.63) is 22.8 Å². The number of aliphatic hydroxyl groups is 2. The van der Waals surface area contributed by atoms with Gasteiger partial charge in [-0.05, 0) is 67.9 Å². The molecular weight excluding hydrogens is 340 g/mol. The number of aliphatic hydroxyl groups excluding tert-OH is 1. The summed E-state index contributed by atoms with van der Waals surface area (Å²) < 4.78 is 12.0. The number of fused-ring (bicyclic) bond motifs is 4. The van der Waals surface area contributed by atoms with Gasteiger partial charge in [-0.1, -0.05) is 25.5 Å². The van der Waals surface area contributed by atoms with Gasteiger partial charge in [0, 0.05) is 18.3 Å². The molecule has 0 aromatic heterocycles. The summed E-state index contributed by atoms with van der Waals surface area (Å²) in [6.45, 7) is 5.67. The highest BCUT2D eigenvalue weighted by Crippen LogP contribution is 2.63. The highest BCUT2D eigenvalue weighted by Gasteiger charge is 2.62. The Morgan fingerprint density at radius 3 is 2.70 bits per heavy atom. The fourth-order valence-corrected chi connectivity index (χ4v) is 7.23. The van der Waals surface area contributed by atoms with E-state index in [9.17, 15) is 10.2 Å². The molecule has 4 heteroatoms. The molecule has 1 heterocycles. The zero-order chi connectivity index (χ0) is 18.9. The van der Waals surface area contributed by atoms with E-state index < -0.39 is 11.7 Å². The molecule has 0 aromatic carbocycles. The van der Waals surface area contributed by atoms with Crippen LogP contribution in [-0.4, -0.2) is 40.9 Å². The van der Waals surface area contributed by atoms with Crippen molar-refractivity contribution in [2.75, 3.05) is 13.2 Å². The molecule has 0 bridgehead atoms. The minimum Gasteiger partial charge on any atom is -0.390 e. The van der Waals surface area contributed by atoms with E-state index in [1.54, 1.807) is 16.7 Å². The first-order valence-electron chi connectivity index (χ1n) is 11.0. The molecule has 4 aliphatic carbocycles. The predicted molar refractivity (Wildman–Crippen MR) is 103 cm³/mol. The summed E-state index contributed by atoms with van der Waals surface area (Å²) >= 11 is 0. The minimum absolute atomic E-state index is 0.206. The van der Waals surface area contributed by atoms with Crippen LogP contribution < -0.4 is 0 Å². The Morgan fingerprint density at radius 1 is 1.19 bits per heavy atom. The smallest absolute Gasteiger partial charge is 0.172 e. The second-order valence-corrected chi connectivity index (χ2v) is 9.79. The number of hydrogen-bond donors (Lipinski definition) is 2. The van der Waals surface area contributed by atoms with Crippen LogP contribution in [0.3, 0.4) is 0 Å². The van der Waals surface area contributed by atoms with Crippen molar-refractivity contribution in [3.63, 3.8) is 0 Å². The van der Waals surface area contributed by atoms with E-state index >= 15 is 0 Å². The second kappa shape index (κ2) is 6.16. The number of ether oxygens (including phenoxy) is 2. The molecule has 2 fully saturated rings. The van der Waals surface area contributed by atoms with E-state index in [1.807, 2.05) is 6.92 Å². The molecule has 0 aromatic rings. The van der Waals surface area contributed by atoms with Crippen LogP contribution in [-0.2, 0) is 9.47 Å². The zero-order valence-corrected chi connectivity index (χ0v) is 16.8. The van der Waals surface area contributed by atoms with Crippen LogP contribution in [0.5, 0.6) is 0 Å². The van der Waals surface area contributed by atoms with Gasteiger partial charge in [-0.3, -0.25) is 0 Å².